The molecule has 78 valence electrons. The van der Waals surface area contributed by atoms with Crippen molar-refractivity contribution in [3.63, 3.8) is 0 Å². The third-order valence-electron chi connectivity index (χ3n) is 1.45. The van der Waals surface area contributed by atoms with Crippen LogP contribution in [0.1, 0.15) is 0 Å². The summed E-state index contributed by atoms with van der Waals surface area (Å²) in [5.74, 6) is 0.619. The van der Waals surface area contributed by atoms with Crippen LogP contribution < -0.4 is 4.74 Å². The zero-order chi connectivity index (χ0) is 10.6. The first-order chi connectivity index (χ1) is 6.54. The van der Waals surface area contributed by atoms with Crippen LogP contribution in [-0.4, -0.2) is 20.4 Å². The molecule has 0 atom stereocenters. The lowest BCUT2D eigenvalue weighted by Crippen LogP contribution is -1.98. The van der Waals surface area contributed by atoms with Gasteiger partial charge < -0.3 is 4.74 Å². The smallest absolute Gasteiger partial charge is 0.261 e. The van der Waals surface area contributed by atoms with E-state index in [1.807, 2.05) is 0 Å². The summed E-state index contributed by atoms with van der Waals surface area (Å²) < 4.78 is 27.0. The SMILES string of the molecule is O=S(=O)(Cl)c1ccc(OCCBr)cc1. The molecule has 3 nitrogen and oxygen atoms in total. The van der Waals surface area contributed by atoms with Gasteiger partial charge >= 0.3 is 0 Å². The molecule has 0 spiro atoms. The van der Waals surface area contributed by atoms with Gasteiger partial charge in [-0.1, -0.05) is 15.9 Å². The van der Waals surface area contributed by atoms with Gasteiger partial charge in [-0.25, -0.2) is 8.42 Å². The van der Waals surface area contributed by atoms with Crippen molar-refractivity contribution < 1.29 is 13.2 Å². The molecule has 0 bridgehead atoms. The first-order valence-corrected chi connectivity index (χ1v) is 7.20. The second-order valence-electron chi connectivity index (χ2n) is 2.45. The van der Waals surface area contributed by atoms with Crippen LogP contribution in [0, 0.1) is 0 Å². The molecule has 0 fully saturated rings. The van der Waals surface area contributed by atoms with Gasteiger partial charge in [0.05, 0.1) is 11.5 Å². The number of hydrogen-bond acceptors (Lipinski definition) is 3. The number of benzene rings is 1. The van der Waals surface area contributed by atoms with Crippen LogP contribution >= 0.6 is 26.6 Å². The quantitative estimate of drug-likeness (QED) is 0.633. The second kappa shape index (κ2) is 5.00. The standard InChI is InChI=1S/C8H8BrClO3S/c9-5-6-13-7-1-3-8(4-2-7)14(10,11)12/h1-4H,5-6H2. The molecule has 0 amide bonds. The molecule has 0 aliphatic heterocycles. The number of alkyl halides is 1. The van der Waals surface area contributed by atoms with Gasteiger partial charge in [-0.05, 0) is 24.3 Å². The van der Waals surface area contributed by atoms with Crippen molar-refractivity contribution in [2.75, 3.05) is 11.9 Å². The van der Waals surface area contributed by atoms with E-state index in [0.717, 1.165) is 5.33 Å². The Morgan fingerprint density at radius 1 is 1.29 bits per heavy atom. The van der Waals surface area contributed by atoms with Gasteiger partial charge in [0.1, 0.15) is 5.75 Å². The van der Waals surface area contributed by atoms with Crippen LogP contribution in [0.4, 0.5) is 0 Å². The van der Waals surface area contributed by atoms with Gasteiger partial charge in [-0.2, -0.15) is 0 Å². The molecule has 1 aromatic carbocycles. The van der Waals surface area contributed by atoms with Gasteiger partial charge in [0.2, 0.25) is 0 Å². The Balaban J connectivity index is 2.79. The maximum absolute atomic E-state index is 10.9. The van der Waals surface area contributed by atoms with Crippen molar-refractivity contribution in [3.8, 4) is 5.75 Å². The molecule has 14 heavy (non-hydrogen) atoms. The Kier molecular flexibility index (Phi) is 4.22. The third kappa shape index (κ3) is 3.48. The Hall–Kier alpha value is -0.260. The molecule has 0 aliphatic carbocycles. The Morgan fingerprint density at radius 2 is 1.86 bits per heavy atom. The molecule has 0 saturated heterocycles. The van der Waals surface area contributed by atoms with Crippen LogP contribution in [0.25, 0.3) is 0 Å². The lowest BCUT2D eigenvalue weighted by Gasteiger charge is -2.03. The van der Waals surface area contributed by atoms with E-state index in [1.54, 1.807) is 12.1 Å². The fraction of sp³-hybridized carbons (Fsp3) is 0.250. The third-order valence-corrected chi connectivity index (χ3v) is 3.14. The Bertz CT molecular complexity index is 388. The molecular formula is C8H8BrClO3S. The Morgan fingerprint density at radius 3 is 2.29 bits per heavy atom. The van der Waals surface area contributed by atoms with E-state index < -0.39 is 9.05 Å². The first-order valence-electron chi connectivity index (χ1n) is 3.77. The van der Waals surface area contributed by atoms with Crippen LogP contribution in [0.2, 0.25) is 0 Å². The van der Waals surface area contributed by atoms with Gasteiger partial charge in [-0.15, -0.1) is 0 Å². The lowest BCUT2D eigenvalue weighted by molar-refractivity contribution is 0.345. The number of hydrogen-bond donors (Lipinski definition) is 0. The van der Waals surface area contributed by atoms with E-state index in [0.29, 0.717) is 12.4 Å². The van der Waals surface area contributed by atoms with Crippen LogP contribution in [0.5, 0.6) is 5.75 Å². The summed E-state index contributed by atoms with van der Waals surface area (Å²) in [5.41, 5.74) is 0. The van der Waals surface area contributed by atoms with E-state index >= 15 is 0 Å². The molecule has 1 aromatic rings. The highest BCUT2D eigenvalue weighted by atomic mass is 79.9. The van der Waals surface area contributed by atoms with Crippen LogP contribution in [0.15, 0.2) is 29.2 Å². The highest BCUT2D eigenvalue weighted by Crippen LogP contribution is 2.18. The molecule has 0 aromatic heterocycles. The van der Waals surface area contributed by atoms with Crippen LogP contribution in [-0.2, 0) is 9.05 Å². The zero-order valence-electron chi connectivity index (χ0n) is 7.11. The zero-order valence-corrected chi connectivity index (χ0v) is 10.3. The molecule has 0 heterocycles. The van der Waals surface area contributed by atoms with Crippen molar-refractivity contribution in [1.29, 1.82) is 0 Å². The molecule has 0 unspecified atom stereocenters. The summed E-state index contributed by atoms with van der Waals surface area (Å²) in [5, 5.41) is 0.725. The summed E-state index contributed by atoms with van der Waals surface area (Å²) in [6, 6.07) is 5.95. The summed E-state index contributed by atoms with van der Waals surface area (Å²) in [4.78, 5) is 0.0744. The summed E-state index contributed by atoms with van der Waals surface area (Å²) in [6.45, 7) is 0.535. The average molecular weight is 300 g/mol. The summed E-state index contributed by atoms with van der Waals surface area (Å²) in [6.07, 6.45) is 0. The van der Waals surface area contributed by atoms with E-state index in [1.165, 1.54) is 12.1 Å². The molecule has 6 heteroatoms. The minimum Gasteiger partial charge on any atom is -0.493 e. The fourth-order valence-electron chi connectivity index (χ4n) is 0.855. The van der Waals surface area contributed by atoms with E-state index in [9.17, 15) is 8.42 Å². The Labute approximate surface area is 95.6 Å². The van der Waals surface area contributed by atoms with Crippen molar-refractivity contribution in [3.05, 3.63) is 24.3 Å². The normalized spacial score (nSPS) is 11.3. The molecule has 0 N–H and O–H groups in total. The lowest BCUT2D eigenvalue weighted by atomic mass is 10.3. The summed E-state index contributed by atoms with van der Waals surface area (Å²) in [7, 11) is 1.51. The molecule has 1 rings (SSSR count). The largest absolute Gasteiger partial charge is 0.493 e. The van der Waals surface area contributed by atoms with Crippen molar-refractivity contribution in [1.82, 2.24) is 0 Å². The number of ether oxygens (including phenoxy) is 1. The van der Waals surface area contributed by atoms with Gasteiger partial charge in [0, 0.05) is 16.0 Å². The number of halogens is 2. The minimum atomic E-state index is -3.63. The average Bonchev–Trinajstić information content (AvgIpc) is 2.14. The maximum atomic E-state index is 10.9. The van der Waals surface area contributed by atoms with Gasteiger partial charge in [0.25, 0.3) is 9.05 Å². The van der Waals surface area contributed by atoms with Crippen LogP contribution in [0.3, 0.4) is 0 Å². The maximum Gasteiger partial charge on any atom is 0.261 e. The molecular weight excluding hydrogens is 292 g/mol. The first kappa shape index (κ1) is 11.8. The predicted molar refractivity (Wildman–Crippen MR) is 58.8 cm³/mol. The molecule has 0 radical (unpaired) electrons. The minimum absolute atomic E-state index is 0.0744. The van der Waals surface area contributed by atoms with Gasteiger partial charge in [-0.3, -0.25) is 0 Å². The number of rotatable bonds is 4. The van der Waals surface area contributed by atoms with Crippen molar-refractivity contribution in [2.24, 2.45) is 0 Å². The predicted octanol–water partition coefficient (Wildman–Crippen LogP) is 2.39. The van der Waals surface area contributed by atoms with E-state index in [-0.39, 0.29) is 4.90 Å². The monoisotopic (exact) mass is 298 g/mol. The fourth-order valence-corrected chi connectivity index (χ4v) is 1.79. The second-order valence-corrected chi connectivity index (χ2v) is 5.81. The van der Waals surface area contributed by atoms with E-state index in [2.05, 4.69) is 15.9 Å². The van der Waals surface area contributed by atoms with Crippen molar-refractivity contribution in [2.45, 2.75) is 4.90 Å². The highest BCUT2D eigenvalue weighted by Gasteiger charge is 2.08. The molecule has 0 saturated carbocycles. The van der Waals surface area contributed by atoms with Gasteiger partial charge in [0.15, 0.2) is 0 Å². The molecule has 0 aliphatic rings. The van der Waals surface area contributed by atoms with E-state index in [4.69, 9.17) is 15.4 Å². The highest BCUT2D eigenvalue weighted by molar-refractivity contribution is 9.09. The van der Waals surface area contributed by atoms with Crippen molar-refractivity contribution >= 4 is 35.7 Å². The summed E-state index contributed by atoms with van der Waals surface area (Å²) >= 11 is 3.21. The topological polar surface area (TPSA) is 43.4 Å².